The van der Waals surface area contributed by atoms with Crippen LogP contribution in [0.2, 0.25) is 0 Å². The number of benzene rings is 2. The Morgan fingerprint density at radius 2 is 1.65 bits per heavy atom. The minimum Gasteiger partial charge on any atom is -0.338 e. The van der Waals surface area contributed by atoms with Crippen molar-refractivity contribution < 1.29 is 4.79 Å². The molecule has 0 spiro atoms. The third-order valence-electron chi connectivity index (χ3n) is 4.59. The number of rotatable bonds is 5. The normalized spacial score (nSPS) is 12.9. The van der Waals surface area contributed by atoms with Gasteiger partial charge < -0.3 is 4.90 Å². The van der Waals surface area contributed by atoms with Gasteiger partial charge in [0.15, 0.2) is 0 Å². The Hall–Kier alpha value is -1.74. The monoisotopic (exact) mass is 367 g/mol. The molecule has 0 radical (unpaired) electrons. The Bertz CT molecular complexity index is 800. The average molecular weight is 368 g/mol. The van der Waals surface area contributed by atoms with E-state index in [-0.39, 0.29) is 5.91 Å². The standard InChI is InChI=1S/C23H29NOS/c1-15(2)13-24(14-16(3)4)23(25)19-8-7-18-11-20-10-17(5)6-9-21(20)26-22(18)12-19/h6-10,12,15-16H,11,13-14H2,1-5H3. The summed E-state index contributed by atoms with van der Waals surface area (Å²) in [6.45, 7) is 12.4. The predicted octanol–water partition coefficient (Wildman–Crippen LogP) is 5.80. The summed E-state index contributed by atoms with van der Waals surface area (Å²) in [6.07, 6.45) is 0.954. The van der Waals surface area contributed by atoms with E-state index in [1.165, 1.54) is 26.5 Å². The molecule has 0 saturated heterocycles. The topological polar surface area (TPSA) is 20.3 Å². The lowest BCUT2D eigenvalue weighted by Gasteiger charge is -2.27. The third-order valence-corrected chi connectivity index (χ3v) is 5.81. The van der Waals surface area contributed by atoms with E-state index in [9.17, 15) is 4.79 Å². The number of carbonyl (C=O) groups excluding carboxylic acids is 1. The molecule has 2 nitrogen and oxygen atoms in total. The molecular weight excluding hydrogens is 338 g/mol. The van der Waals surface area contributed by atoms with Crippen LogP contribution in [0.5, 0.6) is 0 Å². The van der Waals surface area contributed by atoms with Gasteiger partial charge in [0.05, 0.1) is 0 Å². The first-order chi connectivity index (χ1) is 12.3. The van der Waals surface area contributed by atoms with Crippen molar-refractivity contribution in [2.45, 2.75) is 50.8 Å². The number of hydrogen-bond donors (Lipinski definition) is 0. The maximum atomic E-state index is 13.1. The SMILES string of the molecule is Cc1ccc2c(c1)Cc1ccc(C(=O)N(CC(C)C)CC(C)C)cc1S2. The summed E-state index contributed by atoms with van der Waals surface area (Å²) in [5.74, 6) is 1.10. The zero-order chi connectivity index (χ0) is 18.8. The molecule has 0 saturated carbocycles. The van der Waals surface area contributed by atoms with Gasteiger partial charge in [0, 0.05) is 28.4 Å². The van der Waals surface area contributed by atoms with Gasteiger partial charge >= 0.3 is 0 Å². The summed E-state index contributed by atoms with van der Waals surface area (Å²) >= 11 is 1.79. The molecule has 2 aromatic rings. The van der Waals surface area contributed by atoms with Crippen LogP contribution in [0.25, 0.3) is 0 Å². The molecule has 1 heterocycles. The van der Waals surface area contributed by atoms with Crippen molar-refractivity contribution in [2.24, 2.45) is 11.8 Å². The fourth-order valence-corrected chi connectivity index (χ4v) is 4.60. The molecule has 138 valence electrons. The van der Waals surface area contributed by atoms with Crippen LogP contribution >= 0.6 is 11.8 Å². The van der Waals surface area contributed by atoms with Crippen LogP contribution in [0.3, 0.4) is 0 Å². The van der Waals surface area contributed by atoms with Gasteiger partial charge in [-0.25, -0.2) is 0 Å². The summed E-state index contributed by atoms with van der Waals surface area (Å²) in [5, 5.41) is 0. The van der Waals surface area contributed by atoms with Crippen LogP contribution in [0.1, 0.15) is 54.7 Å². The highest BCUT2D eigenvalue weighted by atomic mass is 32.2. The molecule has 3 rings (SSSR count). The number of aryl methyl sites for hydroxylation is 1. The lowest BCUT2D eigenvalue weighted by atomic mass is 10.0. The summed E-state index contributed by atoms with van der Waals surface area (Å²) in [7, 11) is 0. The van der Waals surface area contributed by atoms with Crippen LogP contribution in [-0.2, 0) is 6.42 Å². The molecule has 3 heteroatoms. The summed E-state index contributed by atoms with van der Waals surface area (Å²) in [6, 6.07) is 12.9. The lowest BCUT2D eigenvalue weighted by molar-refractivity contribution is 0.0715. The van der Waals surface area contributed by atoms with E-state index in [2.05, 4.69) is 65.0 Å². The minimum atomic E-state index is 0.158. The molecular formula is C23H29NOS. The van der Waals surface area contributed by atoms with Crippen molar-refractivity contribution in [3.63, 3.8) is 0 Å². The Balaban J connectivity index is 1.85. The van der Waals surface area contributed by atoms with Gasteiger partial charge in [-0.1, -0.05) is 63.2 Å². The molecule has 0 aromatic heterocycles. The molecule has 1 aliphatic heterocycles. The van der Waals surface area contributed by atoms with E-state index in [1.54, 1.807) is 11.8 Å². The van der Waals surface area contributed by atoms with E-state index in [1.807, 2.05) is 11.0 Å². The van der Waals surface area contributed by atoms with Crippen LogP contribution in [0, 0.1) is 18.8 Å². The van der Waals surface area contributed by atoms with E-state index in [0.717, 1.165) is 25.1 Å². The van der Waals surface area contributed by atoms with E-state index in [4.69, 9.17) is 0 Å². The van der Waals surface area contributed by atoms with Crippen molar-refractivity contribution in [3.05, 3.63) is 58.7 Å². The highest BCUT2D eigenvalue weighted by Gasteiger charge is 2.21. The second-order valence-corrected chi connectivity index (χ2v) is 9.29. The maximum Gasteiger partial charge on any atom is 0.253 e. The smallest absolute Gasteiger partial charge is 0.253 e. The molecule has 0 N–H and O–H groups in total. The Kier molecular flexibility index (Phi) is 5.76. The minimum absolute atomic E-state index is 0.158. The molecule has 1 aliphatic rings. The molecule has 1 amide bonds. The lowest BCUT2D eigenvalue weighted by Crippen LogP contribution is -2.37. The molecule has 0 fully saturated rings. The van der Waals surface area contributed by atoms with Gasteiger partial charge in [-0.2, -0.15) is 0 Å². The van der Waals surface area contributed by atoms with Crippen molar-refractivity contribution in [2.75, 3.05) is 13.1 Å². The third kappa shape index (κ3) is 4.32. The summed E-state index contributed by atoms with van der Waals surface area (Å²) in [5.41, 5.74) is 4.83. The van der Waals surface area contributed by atoms with E-state index >= 15 is 0 Å². The molecule has 0 aliphatic carbocycles. The molecule has 0 atom stereocenters. The number of nitrogens with zero attached hydrogens (tertiary/aromatic N) is 1. The Morgan fingerprint density at radius 1 is 0.962 bits per heavy atom. The van der Waals surface area contributed by atoms with Gasteiger partial charge in [-0.3, -0.25) is 4.79 Å². The van der Waals surface area contributed by atoms with Gasteiger partial charge in [0.2, 0.25) is 0 Å². The van der Waals surface area contributed by atoms with Gasteiger partial charge in [-0.05, 0) is 54.5 Å². The quantitative estimate of drug-likeness (QED) is 0.567. The van der Waals surface area contributed by atoms with Gasteiger partial charge in [0.1, 0.15) is 0 Å². The number of amides is 1. The Morgan fingerprint density at radius 3 is 2.31 bits per heavy atom. The van der Waals surface area contributed by atoms with E-state index in [0.29, 0.717) is 11.8 Å². The van der Waals surface area contributed by atoms with E-state index < -0.39 is 0 Å². The van der Waals surface area contributed by atoms with Crippen LogP contribution in [0.4, 0.5) is 0 Å². The van der Waals surface area contributed by atoms with Crippen molar-refractivity contribution >= 4 is 17.7 Å². The van der Waals surface area contributed by atoms with Crippen molar-refractivity contribution in [3.8, 4) is 0 Å². The summed E-state index contributed by atoms with van der Waals surface area (Å²) in [4.78, 5) is 17.7. The molecule has 2 aromatic carbocycles. The van der Waals surface area contributed by atoms with Crippen molar-refractivity contribution in [1.29, 1.82) is 0 Å². The first-order valence-corrected chi connectivity index (χ1v) is 10.3. The van der Waals surface area contributed by atoms with Gasteiger partial charge in [-0.15, -0.1) is 0 Å². The molecule has 26 heavy (non-hydrogen) atoms. The first-order valence-electron chi connectivity index (χ1n) is 9.53. The largest absolute Gasteiger partial charge is 0.338 e. The highest BCUT2D eigenvalue weighted by Crippen LogP contribution is 2.40. The second kappa shape index (κ2) is 7.87. The fourth-order valence-electron chi connectivity index (χ4n) is 3.50. The second-order valence-electron chi connectivity index (χ2n) is 8.21. The molecule has 0 bridgehead atoms. The average Bonchev–Trinajstić information content (AvgIpc) is 2.57. The summed E-state index contributed by atoms with van der Waals surface area (Å²) < 4.78 is 0. The van der Waals surface area contributed by atoms with Gasteiger partial charge in [0.25, 0.3) is 5.91 Å². The van der Waals surface area contributed by atoms with Crippen molar-refractivity contribution in [1.82, 2.24) is 4.90 Å². The Labute approximate surface area is 162 Å². The van der Waals surface area contributed by atoms with Crippen LogP contribution in [0.15, 0.2) is 46.2 Å². The number of carbonyl (C=O) groups is 1. The molecule has 0 unspecified atom stereocenters. The fraction of sp³-hybridized carbons (Fsp3) is 0.435. The highest BCUT2D eigenvalue weighted by molar-refractivity contribution is 7.99. The predicted molar refractivity (Wildman–Crippen MR) is 110 cm³/mol. The number of hydrogen-bond acceptors (Lipinski definition) is 2. The zero-order valence-corrected chi connectivity index (χ0v) is 17.3. The van der Waals surface area contributed by atoms with Crippen LogP contribution < -0.4 is 0 Å². The zero-order valence-electron chi connectivity index (χ0n) is 16.5. The van der Waals surface area contributed by atoms with Crippen LogP contribution in [-0.4, -0.2) is 23.9 Å². The first kappa shape index (κ1) is 19.0. The number of fused-ring (bicyclic) bond motifs is 2. The maximum absolute atomic E-state index is 13.1.